The lowest BCUT2D eigenvalue weighted by Crippen LogP contribution is -2.26. The van der Waals surface area contributed by atoms with Gasteiger partial charge in [0.15, 0.2) is 0 Å². The summed E-state index contributed by atoms with van der Waals surface area (Å²) in [5.74, 6) is 0.0588. The number of hydrogen-bond donors (Lipinski definition) is 1. The lowest BCUT2D eigenvalue weighted by atomic mass is 10.0. The van der Waals surface area contributed by atoms with Crippen molar-refractivity contribution < 1.29 is 9.53 Å². The van der Waals surface area contributed by atoms with Gasteiger partial charge in [-0.25, -0.2) is 0 Å². The van der Waals surface area contributed by atoms with Crippen molar-refractivity contribution in [2.75, 3.05) is 6.61 Å². The molecule has 0 saturated carbocycles. The molecule has 1 heterocycles. The van der Waals surface area contributed by atoms with Crippen molar-refractivity contribution in [1.29, 1.82) is 5.26 Å². The third-order valence-corrected chi connectivity index (χ3v) is 3.54. The molecule has 1 aromatic rings. The van der Waals surface area contributed by atoms with Gasteiger partial charge >= 0.3 is 0 Å². The predicted octanol–water partition coefficient (Wildman–Crippen LogP) is 2.52. The topological polar surface area (TPSA) is 62.1 Å². The van der Waals surface area contributed by atoms with Gasteiger partial charge in [0.2, 0.25) is 5.91 Å². The number of nitrogens with one attached hydrogen (secondary N) is 1. The van der Waals surface area contributed by atoms with E-state index in [4.69, 9.17) is 10.00 Å². The molecule has 1 atom stereocenters. The van der Waals surface area contributed by atoms with Gasteiger partial charge in [0, 0.05) is 19.6 Å². The van der Waals surface area contributed by atoms with E-state index >= 15 is 0 Å². The summed E-state index contributed by atoms with van der Waals surface area (Å²) in [5.41, 5.74) is 1.64. The Labute approximate surface area is 119 Å². The van der Waals surface area contributed by atoms with E-state index in [-0.39, 0.29) is 12.0 Å². The van der Waals surface area contributed by atoms with Crippen molar-refractivity contribution in [3.8, 4) is 6.07 Å². The van der Waals surface area contributed by atoms with Gasteiger partial charge in [-0.05, 0) is 43.4 Å². The average molecular weight is 272 g/mol. The largest absolute Gasteiger partial charge is 0.378 e. The number of rotatable bonds is 5. The molecule has 0 bridgehead atoms. The highest BCUT2D eigenvalue weighted by atomic mass is 16.5. The second kappa shape index (κ2) is 7.66. The Bertz CT molecular complexity index is 470. The third-order valence-electron chi connectivity index (χ3n) is 3.54. The molecule has 4 nitrogen and oxygen atoms in total. The Morgan fingerprint density at radius 2 is 2.15 bits per heavy atom. The number of carbonyl (C=O) groups excluding carboxylic acids is 1. The first-order valence-electron chi connectivity index (χ1n) is 7.15. The molecular formula is C16H20N2O2. The maximum Gasteiger partial charge on any atom is 0.220 e. The van der Waals surface area contributed by atoms with E-state index in [9.17, 15) is 4.79 Å². The van der Waals surface area contributed by atoms with E-state index in [0.717, 1.165) is 31.4 Å². The van der Waals surface area contributed by atoms with Crippen LogP contribution in [0.25, 0.3) is 0 Å². The van der Waals surface area contributed by atoms with Gasteiger partial charge in [0.05, 0.1) is 17.7 Å². The molecule has 0 radical (unpaired) electrons. The second-order valence-electron chi connectivity index (χ2n) is 5.11. The van der Waals surface area contributed by atoms with Crippen LogP contribution in [0.15, 0.2) is 24.3 Å². The van der Waals surface area contributed by atoms with Gasteiger partial charge in [0.1, 0.15) is 0 Å². The number of hydrogen-bond acceptors (Lipinski definition) is 3. The number of ether oxygens (including phenoxy) is 1. The van der Waals surface area contributed by atoms with Gasteiger partial charge in [0.25, 0.3) is 0 Å². The summed E-state index contributed by atoms with van der Waals surface area (Å²) < 4.78 is 5.61. The number of carbonyl (C=O) groups is 1. The van der Waals surface area contributed by atoms with Gasteiger partial charge in [-0.3, -0.25) is 4.79 Å². The summed E-state index contributed by atoms with van der Waals surface area (Å²) in [4.78, 5) is 11.8. The van der Waals surface area contributed by atoms with Crippen molar-refractivity contribution in [1.82, 2.24) is 5.32 Å². The number of benzene rings is 1. The molecule has 1 aromatic carbocycles. The number of nitrogens with zero attached hydrogens (tertiary/aromatic N) is 1. The summed E-state index contributed by atoms with van der Waals surface area (Å²) in [7, 11) is 0. The first kappa shape index (κ1) is 14.5. The monoisotopic (exact) mass is 272 g/mol. The first-order chi connectivity index (χ1) is 9.78. The smallest absolute Gasteiger partial charge is 0.220 e. The molecule has 1 aliphatic rings. The standard InChI is InChI=1S/C16H20N2O2/c17-11-13-4-6-14(7-5-13)12-18-16(19)9-8-15-3-1-2-10-20-15/h4-7,15H,1-3,8-10,12H2,(H,18,19). The molecule has 106 valence electrons. The van der Waals surface area contributed by atoms with Crippen molar-refractivity contribution in [2.24, 2.45) is 0 Å². The summed E-state index contributed by atoms with van der Waals surface area (Å²) in [5, 5.41) is 11.6. The fourth-order valence-corrected chi connectivity index (χ4v) is 2.31. The normalized spacial score (nSPS) is 18.2. The van der Waals surface area contributed by atoms with Crippen LogP contribution in [0.4, 0.5) is 0 Å². The Kier molecular flexibility index (Phi) is 5.57. The molecule has 0 spiro atoms. The molecule has 1 aliphatic heterocycles. The summed E-state index contributed by atoms with van der Waals surface area (Å²) in [6, 6.07) is 9.33. The number of amides is 1. The molecule has 0 aliphatic carbocycles. The molecule has 1 unspecified atom stereocenters. The van der Waals surface area contributed by atoms with Gasteiger partial charge in [-0.1, -0.05) is 12.1 Å². The van der Waals surface area contributed by atoms with Crippen LogP contribution >= 0.6 is 0 Å². The van der Waals surface area contributed by atoms with Crippen LogP contribution in [-0.2, 0) is 16.1 Å². The minimum atomic E-state index is 0.0588. The Morgan fingerprint density at radius 1 is 1.35 bits per heavy atom. The minimum absolute atomic E-state index is 0.0588. The Hall–Kier alpha value is -1.86. The van der Waals surface area contributed by atoms with E-state index in [0.29, 0.717) is 18.5 Å². The lowest BCUT2D eigenvalue weighted by molar-refractivity contribution is -0.122. The van der Waals surface area contributed by atoms with Crippen LogP contribution in [0.1, 0.15) is 43.2 Å². The Balaban J connectivity index is 1.67. The van der Waals surface area contributed by atoms with Crippen LogP contribution in [0, 0.1) is 11.3 Å². The van der Waals surface area contributed by atoms with Crippen LogP contribution in [0.5, 0.6) is 0 Å². The number of nitriles is 1. The lowest BCUT2D eigenvalue weighted by Gasteiger charge is -2.22. The van der Waals surface area contributed by atoms with Crippen molar-refractivity contribution >= 4 is 5.91 Å². The van der Waals surface area contributed by atoms with E-state index in [1.165, 1.54) is 6.42 Å². The molecule has 1 saturated heterocycles. The highest BCUT2D eigenvalue weighted by Gasteiger charge is 2.15. The van der Waals surface area contributed by atoms with Crippen LogP contribution in [-0.4, -0.2) is 18.6 Å². The van der Waals surface area contributed by atoms with Crippen molar-refractivity contribution in [3.05, 3.63) is 35.4 Å². The Morgan fingerprint density at radius 3 is 2.80 bits per heavy atom. The quantitative estimate of drug-likeness (QED) is 0.896. The predicted molar refractivity (Wildman–Crippen MR) is 75.8 cm³/mol. The second-order valence-corrected chi connectivity index (χ2v) is 5.11. The van der Waals surface area contributed by atoms with E-state index in [2.05, 4.69) is 11.4 Å². The molecule has 20 heavy (non-hydrogen) atoms. The van der Waals surface area contributed by atoms with Crippen molar-refractivity contribution in [2.45, 2.75) is 44.8 Å². The maximum atomic E-state index is 11.8. The molecule has 4 heteroatoms. The summed E-state index contributed by atoms with van der Waals surface area (Å²) >= 11 is 0. The average Bonchev–Trinajstić information content (AvgIpc) is 2.52. The first-order valence-corrected chi connectivity index (χ1v) is 7.15. The third kappa shape index (κ3) is 4.67. The molecule has 0 aromatic heterocycles. The van der Waals surface area contributed by atoms with Crippen LogP contribution in [0.2, 0.25) is 0 Å². The van der Waals surface area contributed by atoms with Gasteiger partial charge < -0.3 is 10.1 Å². The highest BCUT2D eigenvalue weighted by molar-refractivity contribution is 5.75. The summed E-state index contributed by atoms with van der Waals surface area (Å²) in [6.45, 7) is 1.34. The molecule has 1 amide bonds. The van der Waals surface area contributed by atoms with Gasteiger partial charge in [-0.2, -0.15) is 5.26 Å². The SMILES string of the molecule is N#Cc1ccc(CNC(=O)CCC2CCCCO2)cc1. The molecule has 2 rings (SSSR count). The highest BCUT2D eigenvalue weighted by Crippen LogP contribution is 2.16. The van der Waals surface area contributed by atoms with E-state index < -0.39 is 0 Å². The molecular weight excluding hydrogens is 252 g/mol. The molecule has 1 N–H and O–H groups in total. The van der Waals surface area contributed by atoms with Crippen LogP contribution < -0.4 is 5.32 Å². The maximum absolute atomic E-state index is 11.8. The fourth-order valence-electron chi connectivity index (χ4n) is 2.31. The van der Waals surface area contributed by atoms with Crippen LogP contribution in [0.3, 0.4) is 0 Å². The van der Waals surface area contributed by atoms with E-state index in [1.807, 2.05) is 12.1 Å². The zero-order valence-corrected chi connectivity index (χ0v) is 11.6. The fraction of sp³-hybridized carbons (Fsp3) is 0.500. The summed E-state index contributed by atoms with van der Waals surface area (Å²) in [6.07, 6.45) is 4.99. The van der Waals surface area contributed by atoms with Crippen molar-refractivity contribution in [3.63, 3.8) is 0 Å². The van der Waals surface area contributed by atoms with Gasteiger partial charge in [-0.15, -0.1) is 0 Å². The zero-order valence-electron chi connectivity index (χ0n) is 11.6. The molecule has 1 fully saturated rings. The minimum Gasteiger partial charge on any atom is -0.378 e. The zero-order chi connectivity index (χ0) is 14.2. The van der Waals surface area contributed by atoms with E-state index in [1.54, 1.807) is 12.1 Å².